The highest BCUT2D eigenvalue weighted by atomic mass is 16.6. The van der Waals surface area contributed by atoms with Crippen molar-refractivity contribution in [3.8, 4) is 0 Å². The second kappa shape index (κ2) is 8.62. The van der Waals surface area contributed by atoms with E-state index in [-0.39, 0.29) is 18.2 Å². The number of benzene rings is 2. The van der Waals surface area contributed by atoms with Crippen LogP contribution in [0, 0.1) is 0 Å². The van der Waals surface area contributed by atoms with Crippen molar-refractivity contribution in [2.45, 2.75) is 38.3 Å². The zero-order valence-corrected chi connectivity index (χ0v) is 13.6. The minimum atomic E-state index is -0.154. The average molecular weight is 326 g/mol. The van der Waals surface area contributed by atoms with E-state index >= 15 is 0 Å². The van der Waals surface area contributed by atoms with Gasteiger partial charge in [-0.2, -0.15) is 0 Å². The van der Waals surface area contributed by atoms with Crippen LogP contribution in [0.15, 0.2) is 60.7 Å². The van der Waals surface area contributed by atoms with Crippen molar-refractivity contribution < 1.29 is 19.0 Å². The number of ether oxygens (including phenoxy) is 3. The summed E-state index contributed by atoms with van der Waals surface area (Å²) >= 11 is 0. The third-order valence-corrected chi connectivity index (χ3v) is 4.03. The third-order valence-electron chi connectivity index (χ3n) is 4.03. The Labute approximate surface area is 142 Å². The molecule has 1 fully saturated rings. The van der Waals surface area contributed by atoms with Gasteiger partial charge in [-0.3, -0.25) is 4.79 Å². The van der Waals surface area contributed by atoms with Crippen LogP contribution in [0.1, 0.15) is 24.0 Å². The molecule has 4 nitrogen and oxygen atoms in total. The van der Waals surface area contributed by atoms with Gasteiger partial charge in [-0.15, -0.1) is 0 Å². The molecule has 0 radical (unpaired) electrons. The number of esters is 1. The second-order valence-corrected chi connectivity index (χ2v) is 5.89. The Kier molecular flexibility index (Phi) is 5.99. The van der Waals surface area contributed by atoms with Gasteiger partial charge in [-0.1, -0.05) is 60.7 Å². The number of carbonyl (C=O) groups is 1. The molecule has 0 spiro atoms. The van der Waals surface area contributed by atoms with E-state index in [1.54, 1.807) is 0 Å². The van der Waals surface area contributed by atoms with Crippen molar-refractivity contribution >= 4 is 5.97 Å². The maximum absolute atomic E-state index is 11.1. The van der Waals surface area contributed by atoms with Crippen LogP contribution in [0.5, 0.6) is 0 Å². The highest BCUT2D eigenvalue weighted by Gasteiger charge is 2.36. The first-order valence-electron chi connectivity index (χ1n) is 8.28. The van der Waals surface area contributed by atoms with Crippen LogP contribution in [0.3, 0.4) is 0 Å². The number of hydrogen-bond donors (Lipinski definition) is 0. The maximum Gasteiger partial charge on any atom is 0.310 e. The predicted octanol–water partition coefficient (Wildman–Crippen LogP) is 3.49. The minimum Gasteiger partial charge on any atom is -0.459 e. The molecule has 2 aromatic carbocycles. The minimum absolute atomic E-state index is 0.126. The fourth-order valence-electron chi connectivity index (χ4n) is 2.65. The van der Waals surface area contributed by atoms with Gasteiger partial charge in [0.1, 0.15) is 6.10 Å². The van der Waals surface area contributed by atoms with E-state index in [0.717, 1.165) is 11.1 Å². The lowest BCUT2D eigenvalue weighted by Crippen LogP contribution is -2.44. The first-order valence-corrected chi connectivity index (χ1v) is 8.28. The van der Waals surface area contributed by atoms with Crippen LogP contribution < -0.4 is 0 Å². The average Bonchev–Trinajstić information content (AvgIpc) is 2.60. The van der Waals surface area contributed by atoms with Gasteiger partial charge in [0.15, 0.2) is 0 Å². The van der Waals surface area contributed by atoms with Gasteiger partial charge in [-0.05, 0) is 11.1 Å². The Morgan fingerprint density at radius 1 is 0.958 bits per heavy atom. The first-order chi connectivity index (χ1) is 11.8. The summed E-state index contributed by atoms with van der Waals surface area (Å²) in [6.45, 7) is 1.66. The molecule has 0 amide bonds. The summed E-state index contributed by atoms with van der Waals surface area (Å²) in [5, 5.41) is 0. The SMILES string of the molecule is O=C1C[C@H]([C@@H](CCOCc2ccccc2)OCc2ccccc2)O1. The molecule has 0 N–H and O–H groups in total. The van der Waals surface area contributed by atoms with Crippen molar-refractivity contribution in [3.05, 3.63) is 71.8 Å². The monoisotopic (exact) mass is 326 g/mol. The van der Waals surface area contributed by atoms with Crippen molar-refractivity contribution in [2.24, 2.45) is 0 Å². The van der Waals surface area contributed by atoms with Crippen LogP contribution in [0.25, 0.3) is 0 Å². The van der Waals surface area contributed by atoms with E-state index in [4.69, 9.17) is 14.2 Å². The highest BCUT2D eigenvalue weighted by Crippen LogP contribution is 2.23. The summed E-state index contributed by atoms with van der Waals surface area (Å²) in [6.07, 6.45) is 0.857. The lowest BCUT2D eigenvalue weighted by atomic mass is 10.0. The van der Waals surface area contributed by atoms with Crippen LogP contribution >= 0.6 is 0 Å². The number of cyclic esters (lactones) is 1. The molecular weight excluding hydrogens is 304 g/mol. The molecule has 0 bridgehead atoms. The zero-order valence-electron chi connectivity index (χ0n) is 13.6. The molecule has 0 unspecified atom stereocenters. The fraction of sp³-hybridized carbons (Fsp3) is 0.350. The lowest BCUT2D eigenvalue weighted by molar-refractivity contribution is -0.187. The highest BCUT2D eigenvalue weighted by molar-refractivity contribution is 5.75. The molecule has 4 heteroatoms. The molecule has 1 heterocycles. The molecule has 126 valence electrons. The van der Waals surface area contributed by atoms with Gasteiger partial charge in [0, 0.05) is 13.0 Å². The summed E-state index contributed by atoms with van der Waals surface area (Å²) < 4.78 is 16.9. The Morgan fingerprint density at radius 3 is 2.12 bits per heavy atom. The Morgan fingerprint density at radius 2 is 1.54 bits per heavy atom. The first kappa shape index (κ1) is 16.7. The van der Waals surface area contributed by atoms with Gasteiger partial charge in [0.05, 0.1) is 25.7 Å². The smallest absolute Gasteiger partial charge is 0.310 e. The molecule has 1 aliphatic heterocycles. The molecule has 0 saturated carbocycles. The normalized spacial score (nSPS) is 17.8. The standard InChI is InChI=1S/C20H22O4/c21-20-13-19(24-20)18(23-15-17-9-5-2-6-10-17)11-12-22-14-16-7-3-1-4-8-16/h1-10,18-19H,11-15H2/t18-,19-/m1/s1. The lowest BCUT2D eigenvalue weighted by Gasteiger charge is -2.32. The van der Waals surface area contributed by atoms with Crippen molar-refractivity contribution in [1.82, 2.24) is 0 Å². The van der Waals surface area contributed by atoms with E-state index < -0.39 is 0 Å². The topological polar surface area (TPSA) is 44.8 Å². The summed E-state index contributed by atoms with van der Waals surface area (Å²) in [5.74, 6) is -0.154. The van der Waals surface area contributed by atoms with Crippen molar-refractivity contribution in [1.29, 1.82) is 0 Å². The zero-order chi connectivity index (χ0) is 16.6. The number of carbonyl (C=O) groups excluding carboxylic acids is 1. The van der Waals surface area contributed by atoms with Gasteiger partial charge in [0.2, 0.25) is 0 Å². The van der Waals surface area contributed by atoms with Crippen molar-refractivity contribution in [2.75, 3.05) is 6.61 Å². The second-order valence-electron chi connectivity index (χ2n) is 5.89. The molecule has 0 aromatic heterocycles. The number of hydrogen-bond acceptors (Lipinski definition) is 4. The quantitative estimate of drug-likeness (QED) is 0.523. The van der Waals surface area contributed by atoms with E-state index in [0.29, 0.717) is 32.7 Å². The van der Waals surface area contributed by atoms with Crippen LogP contribution in [0.4, 0.5) is 0 Å². The summed E-state index contributed by atoms with van der Waals surface area (Å²) in [5.41, 5.74) is 2.26. The van der Waals surface area contributed by atoms with Gasteiger partial charge >= 0.3 is 5.97 Å². The predicted molar refractivity (Wildman–Crippen MR) is 90.2 cm³/mol. The molecule has 1 aliphatic rings. The largest absolute Gasteiger partial charge is 0.459 e. The van der Waals surface area contributed by atoms with Crippen LogP contribution in [0.2, 0.25) is 0 Å². The fourth-order valence-corrected chi connectivity index (χ4v) is 2.65. The molecular formula is C20H22O4. The maximum atomic E-state index is 11.1. The van der Waals surface area contributed by atoms with Crippen LogP contribution in [-0.4, -0.2) is 24.8 Å². The third kappa shape index (κ3) is 4.91. The molecule has 24 heavy (non-hydrogen) atoms. The summed E-state index contributed by atoms with van der Waals surface area (Å²) in [6, 6.07) is 20.1. The summed E-state index contributed by atoms with van der Waals surface area (Å²) in [7, 11) is 0. The van der Waals surface area contributed by atoms with E-state index in [2.05, 4.69) is 0 Å². The van der Waals surface area contributed by atoms with E-state index in [1.165, 1.54) is 0 Å². The van der Waals surface area contributed by atoms with Crippen LogP contribution in [-0.2, 0) is 32.2 Å². The van der Waals surface area contributed by atoms with E-state index in [1.807, 2.05) is 60.7 Å². The number of rotatable bonds is 9. The molecule has 1 saturated heterocycles. The molecule has 3 rings (SSSR count). The Hall–Kier alpha value is -2.17. The molecule has 2 aromatic rings. The summed E-state index contributed by atoms with van der Waals surface area (Å²) in [4.78, 5) is 11.1. The molecule has 2 atom stereocenters. The van der Waals surface area contributed by atoms with Gasteiger partial charge in [0.25, 0.3) is 0 Å². The van der Waals surface area contributed by atoms with E-state index in [9.17, 15) is 4.79 Å². The molecule has 0 aliphatic carbocycles. The van der Waals surface area contributed by atoms with Crippen molar-refractivity contribution in [3.63, 3.8) is 0 Å². The Balaban J connectivity index is 1.44. The van der Waals surface area contributed by atoms with Gasteiger partial charge in [-0.25, -0.2) is 0 Å². The van der Waals surface area contributed by atoms with Gasteiger partial charge < -0.3 is 14.2 Å². The Bertz CT molecular complexity index is 619.